The summed E-state index contributed by atoms with van der Waals surface area (Å²) in [4.78, 5) is 48.2. The number of imide groups is 1. The number of carbonyl (C=O) groups is 4. The Kier molecular flexibility index (Phi) is 4.78. The molecule has 2 rings (SSSR count). The van der Waals surface area contributed by atoms with E-state index in [0.717, 1.165) is 18.4 Å². The number of aryl methyl sites for hydroxylation is 1. The molecule has 0 fully saturated rings. The number of unbranched alkanes of at least 4 members (excludes halogenated alkanes) is 1. The highest BCUT2D eigenvalue weighted by Crippen LogP contribution is 2.29. The third-order valence-corrected chi connectivity index (χ3v) is 3.84. The number of carboxylic acids is 1. The van der Waals surface area contributed by atoms with Crippen LogP contribution < -0.4 is 5.73 Å². The summed E-state index contributed by atoms with van der Waals surface area (Å²) in [6, 6.07) is 3.46. The minimum atomic E-state index is -1.49. The molecule has 0 aliphatic carbocycles. The van der Waals surface area contributed by atoms with E-state index < -0.39 is 36.2 Å². The molecule has 1 aliphatic rings. The minimum Gasteiger partial charge on any atom is -0.481 e. The van der Waals surface area contributed by atoms with E-state index in [-0.39, 0.29) is 11.1 Å². The van der Waals surface area contributed by atoms with Gasteiger partial charge in [-0.3, -0.25) is 24.1 Å². The van der Waals surface area contributed by atoms with Crippen molar-refractivity contribution in [2.24, 2.45) is 5.73 Å². The van der Waals surface area contributed by atoms with Gasteiger partial charge in [0.05, 0.1) is 17.5 Å². The molecule has 1 aliphatic heterocycles. The Balaban J connectivity index is 2.43. The monoisotopic (exact) mass is 318 g/mol. The van der Waals surface area contributed by atoms with E-state index in [1.165, 1.54) is 6.07 Å². The van der Waals surface area contributed by atoms with Gasteiger partial charge >= 0.3 is 5.97 Å². The summed E-state index contributed by atoms with van der Waals surface area (Å²) in [7, 11) is 0. The van der Waals surface area contributed by atoms with Gasteiger partial charge in [-0.1, -0.05) is 25.5 Å². The van der Waals surface area contributed by atoms with E-state index in [2.05, 4.69) is 0 Å². The first-order valence-corrected chi connectivity index (χ1v) is 7.39. The molecule has 7 nitrogen and oxygen atoms in total. The van der Waals surface area contributed by atoms with Crippen LogP contribution in [0, 0.1) is 0 Å². The topological polar surface area (TPSA) is 118 Å². The van der Waals surface area contributed by atoms with Crippen LogP contribution in [0.25, 0.3) is 0 Å². The Bertz CT molecular complexity index is 683. The van der Waals surface area contributed by atoms with Crippen LogP contribution in [-0.2, 0) is 16.0 Å². The van der Waals surface area contributed by atoms with Crippen LogP contribution in [0.3, 0.4) is 0 Å². The lowest BCUT2D eigenvalue weighted by Gasteiger charge is -2.21. The van der Waals surface area contributed by atoms with Crippen LogP contribution >= 0.6 is 0 Å². The van der Waals surface area contributed by atoms with Crippen molar-refractivity contribution < 1.29 is 24.3 Å². The van der Waals surface area contributed by atoms with Gasteiger partial charge in [0.1, 0.15) is 6.04 Å². The van der Waals surface area contributed by atoms with Crippen molar-refractivity contribution in [1.82, 2.24) is 4.90 Å². The van der Waals surface area contributed by atoms with E-state index in [4.69, 9.17) is 10.8 Å². The van der Waals surface area contributed by atoms with Gasteiger partial charge in [0.25, 0.3) is 11.8 Å². The average Bonchev–Trinajstić information content (AvgIpc) is 2.75. The number of nitrogens with two attached hydrogens (primary N) is 1. The Morgan fingerprint density at radius 3 is 2.52 bits per heavy atom. The fraction of sp³-hybridized carbons (Fsp3) is 0.375. The summed E-state index contributed by atoms with van der Waals surface area (Å²) in [5.74, 6) is -3.65. The van der Waals surface area contributed by atoms with Crippen LogP contribution in [0.15, 0.2) is 18.2 Å². The van der Waals surface area contributed by atoms with E-state index in [9.17, 15) is 19.2 Å². The van der Waals surface area contributed by atoms with E-state index >= 15 is 0 Å². The van der Waals surface area contributed by atoms with Crippen molar-refractivity contribution in [3.63, 3.8) is 0 Å². The molecule has 7 heteroatoms. The molecule has 0 saturated carbocycles. The Labute approximate surface area is 133 Å². The predicted octanol–water partition coefficient (Wildman–Crippen LogP) is 0.954. The maximum Gasteiger partial charge on any atom is 0.306 e. The summed E-state index contributed by atoms with van der Waals surface area (Å²) in [5, 5.41) is 8.90. The quantitative estimate of drug-likeness (QED) is 0.726. The van der Waals surface area contributed by atoms with Crippen molar-refractivity contribution in [3.05, 3.63) is 34.9 Å². The molecule has 3 amide bonds. The summed E-state index contributed by atoms with van der Waals surface area (Å²) in [6.07, 6.45) is 1.71. The van der Waals surface area contributed by atoms with Crippen LogP contribution in [0.5, 0.6) is 0 Å². The van der Waals surface area contributed by atoms with E-state index in [0.29, 0.717) is 11.3 Å². The van der Waals surface area contributed by atoms with Gasteiger partial charge in [-0.2, -0.15) is 0 Å². The highest BCUT2D eigenvalue weighted by atomic mass is 16.4. The Morgan fingerprint density at radius 1 is 1.26 bits per heavy atom. The van der Waals surface area contributed by atoms with E-state index in [1.807, 2.05) is 6.92 Å². The number of amides is 3. The average molecular weight is 318 g/mol. The molecule has 0 bridgehead atoms. The fourth-order valence-electron chi connectivity index (χ4n) is 2.72. The van der Waals surface area contributed by atoms with Gasteiger partial charge in [-0.15, -0.1) is 0 Å². The summed E-state index contributed by atoms with van der Waals surface area (Å²) in [6.45, 7) is 2.01. The minimum absolute atomic E-state index is 0.195. The lowest BCUT2D eigenvalue weighted by Crippen LogP contribution is -2.48. The zero-order valence-electron chi connectivity index (χ0n) is 12.7. The van der Waals surface area contributed by atoms with E-state index in [1.54, 1.807) is 12.1 Å². The van der Waals surface area contributed by atoms with Crippen molar-refractivity contribution in [1.29, 1.82) is 0 Å². The molecule has 1 aromatic carbocycles. The third-order valence-electron chi connectivity index (χ3n) is 3.84. The summed E-state index contributed by atoms with van der Waals surface area (Å²) in [5.41, 5.74) is 6.37. The normalized spacial score (nSPS) is 14.7. The molecule has 1 heterocycles. The molecule has 0 spiro atoms. The largest absolute Gasteiger partial charge is 0.481 e. The van der Waals surface area contributed by atoms with Crippen LogP contribution in [0.2, 0.25) is 0 Å². The number of rotatable bonds is 7. The maximum atomic E-state index is 12.6. The number of nitrogens with zero attached hydrogens (tertiary/aromatic N) is 1. The maximum absolute atomic E-state index is 12.6. The standard InChI is InChI=1S/C16H18N2O5/c1-2-3-5-9-6-4-7-10-13(9)16(23)18(15(10)22)11(14(17)21)8-12(19)20/h4,6-7,11H,2-3,5,8H2,1H3,(H2,17,21)(H,19,20). The number of fused-ring (bicyclic) bond motifs is 1. The number of carboxylic acid groups (broad SMARTS) is 1. The zero-order valence-corrected chi connectivity index (χ0v) is 12.7. The number of hydrogen-bond acceptors (Lipinski definition) is 4. The summed E-state index contributed by atoms with van der Waals surface area (Å²) < 4.78 is 0. The first-order valence-electron chi connectivity index (χ1n) is 7.39. The second kappa shape index (κ2) is 6.60. The van der Waals surface area contributed by atoms with Gasteiger partial charge in [0, 0.05) is 0 Å². The molecule has 1 atom stereocenters. The fourth-order valence-corrected chi connectivity index (χ4v) is 2.72. The molecule has 0 radical (unpaired) electrons. The molecular weight excluding hydrogens is 300 g/mol. The van der Waals surface area contributed by atoms with Crippen LogP contribution in [0.1, 0.15) is 52.5 Å². The number of benzene rings is 1. The molecule has 1 aromatic rings. The predicted molar refractivity (Wildman–Crippen MR) is 80.8 cm³/mol. The van der Waals surface area contributed by atoms with Crippen molar-refractivity contribution in [2.45, 2.75) is 38.6 Å². The Morgan fingerprint density at radius 2 is 1.96 bits per heavy atom. The molecule has 1 unspecified atom stereocenters. The molecule has 3 N–H and O–H groups in total. The first-order chi connectivity index (χ1) is 10.9. The smallest absolute Gasteiger partial charge is 0.306 e. The van der Waals surface area contributed by atoms with Crippen LogP contribution in [-0.4, -0.2) is 39.7 Å². The van der Waals surface area contributed by atoms with Gasteiger partial charge in [-0.05, 0) is 24.5 Å². The second-order valence-electron chi connectivity index (χ2n) is 5.44. The van der Waals surface area contributed by atoms with Gasteiger partial charge in [-0.25, -0.2) is 0 Å². The highest BCUT2D eigenvalue weighted by molar-refractivity contribution is 6.23. The zero-order chi connectivity index (χ0) is 17.1. The Hall–Kier alpha value is -2.70. The highest BCUT2D eigenvalue weighted by Gasteiger charge is 2.43. The third kappa shape index (κ3) is 3.08. The number of primary amides is 1. The second-order valence-corrected chi connectivity index (χ2v) is 5.44. The van der Waals surface area contributed by atoms with Gasteiger partial charge in [0.15, 0.2) is 0 Å². The number of hydrogen-bond donors (Lipinski definition) is 2. The van der Waals surface area contributed by atoms with Crippen molar-refractivity contribution in [3.8, 4) is 0 Å². The number of carbonyl (C=O) groups excluding carboxylic acids is 3. The molecular formula is C16H18N2O5. The molecule has 0 aromatic heterocycles. The SMILES string of the molecule is CCCCc1cccc2c1C(=O)N(C(CC(=O)O)C(N)=O)C2=O. The lowest BCUT2D eigenvalue weighted by atomic mass is 9.98. The van der Waals surface area contributed by atoms with Crippen molar-refractivity contribution in [2.75, 3.05) is 0 Å². The summed E-state index contributed by atoms with van der Waals surface area (Å²) >= 11 is 0. The molecule has 122 valence electrons. The van der Waals surface area contributed by atoms with Crippen molar-refractivity contribution >= 4 is 23.7 Å². The molecule has 0 saturated heterocycles. The van der Waals surface area contributed by atoms with Crippen LogP contribution in [0.4, 0.5) is 0 Å². The lowest BCUT2D eigenvalue weighted by molar-refractivity contribution is -0.140. The number of aliphatic carboxylic acids is 1. The van der Waals surface area contributed by atoms with Gasteiger partial charge in [0.2, 0.25) is 5.91 Å². The first kappa shape index (κ1) is 16.7. The molecule has 23 heavy (non-hydrogen) atoms. The van der Waals surface area contributed by atoms with Gasteiger partial charge < -0.3 is 10.8 Å².